The Labute approximate surface area is 193 Å². The number of carbonyl (C=O) groups is 2. The van der Waals surface area contributed by atoms with Gasteiger partial charge in [0, 0.05) is 37.3 Å². The van der Waals surface area contributed by atoms with Crippen LogP contribution in [0.1, 0.15) is 19.3 Å². The minimum atomic E-state index is -3.73. The molecule has 3 atom stereocenters. The van der Waals surface area contributed by atoms with Crippen LogP contribution >= 0.6 is 0 Å². The number of anilines is 1. The molecule has 2 aliphatic rings. The molecule has 2 aliphatic heterocycles. The van der Waals surface area contributed by atoms with E-state index in [1.165, 1.54) is 19.2 Å². The molecule has 0 spiro atoms. The number of nitrogens with zero attached hydrogens (tertiary/aromatic N) is 1. The van der Waals surface area contributed by atoms with Crippen LogP contribution in [0, 0.1) is 0 Å². The van der Waals surface area contributed by atoms with E-state index in [-0.39, 0.29) is 22.8 Å². The predicted octanol–water partition coefficient (Wildman–Crippen LogP) is 1.33. The van der Waals surface area contributed by atoms with E-state index >= 15 is 0 Å². The van der Waals surface area contributed by atoms with Crippen LogP contribution in [0.4, 0.5) is 5.69 Å². The topological polar surface area (TPSA) is 117 Å². The fraction of sp³-hybridized carbons (Fsp3) is 0.391. The van der Waals surface area contributed by atoms with E-state index in [4.69, 9.17) is 4.74 Å². The molecule has 2 aromatic carbocycles. The average molecular weight is 473 g/mol. The third-order valence-electron chi connectivity index (χ3n) is 6.08. The number of ether oxygens (including phenoxy) is 1. The van der Waals surface area contributed by atoms with Gasteiger partial charge in [0.2, 0.25) is 21.8 Å². The first kappa shape index (κ1) is 23.2. The largest absolute Gasteiger partial charge is 0.497 e. The van der Waals surface area contributed by atoms with Gasteiger partial charge in [0.05, 0.1) is 18.0 Å². The minimum absolute atomic E-state index is 0.0373. The molecular weight excluding hydrogens is 444 g/mol. The number of para-hydroxylation sites is 1. The maximum atomic E-state index is 12.8. The molecule has 33 heavy (non-hydrogen) atoms. The Hall–Kier alpha value is -2.95. The lowest BCUT2D eigenvalue weighted by atomic mass is 10.0. The number of hydrogen-bond acceptors (Lipinski definition) is 6. The van der Waals surface area contributed by atoms with Crippen LogP contribution in [-0.4, -0.2) is 63.5 Å². The third-order valence-corrected chi connectivity index (χ3v) is 7.61. The second-order valence-corrected chi connectivity index (χ2v) is 10.0. The zero-order chi connectivity index (χ0) is 23.4. The highest BCUT2D eigenvalue weighted by molar-refractivity contribution is 7.89. The Morgan fingerprint density at radius 3 is 2.58 bits per heavy atom. The summed E-state index contributed by atoms with van der Waals surface area (Å²) in [5, 5.41) is 5.77. The Kier molecular flexibility index (Phi) is 6.96. The summed E-state index contributed by atoms with van der Waals surface area (Å²) in [6.45, 7) is 0.852. The van der Waals surface area contributed by atoms with Gasteiger partial charge in [-0.1, -0.05) is 18.2 Å². The van der Waals surface area contributed by atoms with Crippen LogP contribution in [-0.2, 0) is 19.6 Å². The average Bonchev–Trinajstić information content (AvgIpc) is 3.23. The number of benzene rings is 2. The molecule has 4 rings (SSSR count). The summed E-state index contributed by atoms with van der Waals surface area (Å²) in [5.41, 5.74) is 0.742. The maximum absolute atomic E-state index is 12.8. The second-order valence-electron chi connectivity index (χ2n) is 8.29. The lowest BCUT2D eigenvalue weighted by Crippen LogP contribution is -2.57. The second kappa shape index (κ2) is 9.90. The Balaban J connectivity index is 1.36. The smallest absolute Gasteiger partial charge is 0.240 e. The highest BCUT2D eigenvalue weighted by atomic mass is 32.2. The van der Waals surface area contributed by atoms with Crippen LogP contribution in [0.25, 0.3) is 0 Å². The van der Waals surface area contributed by atoms with Crippen LogP contribution in [0.5, 0.6) is 5.75 Å². The van der Waals surface area contributed by atoms with E-state index in [0.29, 0.717) is 38.1 Å². The number of fused-ring (bicyclic) bond motifs is 1. The molecule has 0 radical (unpaired) electrons. The normalized spacial score (nSPS) is 22.9. The van der Waals surface area contributed by atoms with Crippen molar-refractivity contribution in [3.8, 4) is 5.75 Å². The molecule has 2 amide bonds. The molecule has 9 nitrogen and oxygen atoms in total. The summed E-state index contributed by atoms with van der Waals surface area (Å²) in [4.78, 5) is 26.9. The highest BCUT2D eigenvalue weighted by Gasteiger charge is 2.44. The van der Waals surface area contributed by atoms with Crippen molar-refractivity contribution in [2.24, 2.45) is 0 Å². The van der Waals surface area contributed by atoms with Gasteiger partial charge in [-0.3, -0.25) is 14.5 Å². The molecule has 0 bridgehead atoms. The van der Waals surface area contributed by atoms with Gasteiger partial charge in [0.25, 0.3) is 0 Å². The first-order chi connectivity index (χ1) is 15.9. The van der Waals surface area contributed by atoms with Gasteiger partial charge in [-0.2, -0.15) is 0 Å². The number of hydrogen-bond donors (Lipinski definition) is 3. The fourth-order valence-electron chi connectivity index (χ4n) is 4.41. The van der Waals surface area contributed by atoms with Crippen molar-refractivity contribution < 1.29 is 22.7 Å². The molecule has 2 fully saturated rings. The summed E-state index contributed by atoms with van der Waals surface area (Å²) in [6, 6.07) is 14.6. The van der Waals surface area contributed by atoms with Crippen molar-refractivity contribution >= 4 is 27.5 Å². The fourth-order valence-corrected chi connectivity index (χ4v) is 5.65. The number of amides is 2. The molecule has 2 aromatic rings. The molecule has 0 aromatic heterocycles. The van der Waals surface area contributed by atoms with Gasteiger partial charge >= 0.3 is 0 Å². The van der Waals surface area contributed by atoms with E-state index in [9.17, 15) is 18.0 Å². The van der Waals surface area contributed by atoms with E-state index in [1.807, 2.05) is 35.2 Å². The summed E-state index contributed by atoms with van der Waals surface area (Å²) >= 11 is 0. The monoisotopic (exact) mass is 472 g/mol. The lowest BCUT2D eigenvalue weighted by molar-refractivity contribution is -0.129. The zero-order valence-corrected chi connectivity index (χ0v) is 19.2. The van der Waals surface area contributed by atoms with Gasteiger partial charge < -0.3 is 15.4 Å². The molecule has 10 heteroatoms. The van der Waals surface area contributed by atoms with E-state index in [2.05, 4.69) is 15.4 Å². The van der Waals surface area contributed by atoms with Gasteiger partial charge in [0.1, 0.15) is 5.75 Å². The van der Waals surface area contributed by atoms with Crippen molar-refractivity contribution in [2.45, 2.75) is 42.3 Å². The molecule has 176 valence electrons. The third kappa shape index (κ3) is 5.52. The molecule has 3 N–H and O–H groups in total. The molecule has 0 saturated carbocycles. The summed E-state index contributed by atoms with van der Waals surface area (Å²) in [5.74, 6) is 0.375. The van der Waals surface area contributed by atoms with Crippen LogP contribution < -0.4 is 20.1 Å². The first-order valence-electron chi connectivity index (χ1n) is 10.9. The number of methoxy groups -OCH3 is 1. The number of piperazine rings is 1. The SMILES string of the molecule is COc1ccc(S(=O)(=O)NC2CC3C(=O)NCC(CCC(=O)Nc4ccccc4)N3C2)cc1. The van der Waals surface area contributed by atoms with Crippen molar-refractivity contribution in [1.29, 1.82) is 0 Å². The Bertz CT molecular complexity index is 1090. The van der Waals surface area contributed by atoms with Crippen molar-refractivity contribution in [3.05, 3.63) is 54.6 Å². The minimum Gasteiger partial charge on any atom is -0.497 e. The van der Waals surface area contributed by atoms with E-state index < -0.39 is 22.1 Å². The number of rotatable bonds is 8. The molecule has 2 heterocycles. The van der Waals surface area contributed by atoms with Gasteiger partial charge in [-0.05, 0) is 49.2 Å². The van der Waals surface area contributed by atoms with Crippen LogP contribution in [0.3, 0.4) is 0 Å². The van der Waals surface area contributed by atoms with Crippen molar-refractivity contribution in [2.75, 3.05) is 25.5 Å². The van der Waals surface area contributed by atoms with Crippen molar-refractivity contribution in [1.82, 2.24) is 14.9 Å². The zero-order valence-electron chi connectivity index (χ0n) is 18.4. The first-order valence-corrected chi connectivity index (χ1v) is 12.4. The van der Waals surface area contributed by atoms with E-state index in [0.717, 1.165) is 5.69 Å². The number of carbonyl (C=O) groups excluding carboxylic acids is 2. The quantitative estimate of drug-likeness (QED) is 0.534. The van der Waals surface area contributed by atoms with E-state index in [1.54, 1.807) is 12.1 Å². The standard InChI is InChI=1S/C23H28N4O5S/c1-32-19-8-10-20(11-9-19)33(30,31)26-17-13-21-23(29)24-14-18(27(21)15-17)7-12-22(28)25-16-5-3-2-4-6-16/h2-6,8-11,17-18,21,26H,7,12-15H2,1H3,(H,24,29)(H,25,28). The predicted molar refractivity (Wildman–Crippen MR) is 123 cm³/mol. The molecular formula is C23H28N4O5S. The van der Waals surface area contributed by atoms with Gasteiger partial charge in [0.15, 0.2) is 0 Å². The number of sulfonamides is 1. The number of nitrogens with one attached hydrogen (secondary N) is 3. The summed E-state index contributed by atoms with van der Waals surface area (Å²) in [6.07, 6.45) is 1.25. The molecule has 2 saturated heterocycles. The Morgan fingerprint density at radius 2 is 1.88 bits per heavy atom. The molecule has 0 aliphatic carbocycles. The van der Waals surface area contributed by atoms with Crippen molar-refractivity contribution in [3.63, 3.8) is 0 Å². The van der Waals surface area contributed by atoms with Crippen LogP contribution in [0.2, 0.25) is 0 Å². The summed E-state index contributed by atoms with van der Waals surface area (Å²) < 4.78 is 33.5. The molecule has 3 unspecified atom stereocenters. The Morgan fingerprint density at radius 1 is 1.15 bits per heavy atom. The van der Waals surface area contributed by atoms with Gasteiger partial charge in [-0.15, -0.1) is 0 Å². The van der Waals surface area contributed by atoms with Crippen LogP contribution in [0.15, 0.2) is 59.5 Å². The maximum Gasteiger partial charge on any atom is 0.240 e. The summed E-state index contributed by atoms with van der Waals surface area (Å²) in [7, 11) is -2.22. The highest BCUT2D eigenvalue weighted by Crippen LogP contribution is 2.27. The van der Waals surface area contributed by atoms with Gasteiger partial charge in [-0.25, -0.2) is 13.1 Å². The lowest BCUT2D eigenvalue weighted by Gasteiger charge is -2.37.